The van der Waals surface area contributed by atoms with Crippen LogP contribution in [0, 0.1) is 0 Å². The summed E-state index contributed by atoms with van der Waals surface area (Å²) in [6.45, 7) is 0. The first-order valence-electron chi connectivity index (χ1n) is 24.1. The standard InChI is InChI=1S/C67H44N2S/c1-4-17-45(18-5-1)46-31-37-52(38-32-46)68(64-29-16-26-57-56-25-12-15-30-65(56)70-66(57)64)53-39-33-47(34-40-53)48-35-41-62-58(43-48)59-44-50(36-42-63(59)69(62)51-21-8-3-9-22-51)67(49-19-6-2-7-20-49)60-27-13-10-23-54(60)55-24-11-14-28-61(55)67/h1-44H. The van der Waals surface area contributed by atoms with E-state index in [1.807, 2.05) is 11.3 Å². The average Bonchev–Trinajstić information content (AvgIpc) is 4.09. The minimum absolute atomic E-state index is 0.495. The van der Waals surface area contributed by atoms with Gasteiger partial charge < -0.3 is 9.47 Å². The molecule has 0 aliphatic heterocycles. The molecule has 0 saturated heterocycles. The number of nitrogens with zero attached hydrogens (tertiary/aromatic N) is 2. The van der Waals surface area contributed by atoms with Gasteiger partial charge in [-0.3, -0.25) is 0 Å². The molecule has 0 spiro atoms. The molecule has 70 heavy (non-hydrogen) atoms. The SMILES string of the molecule is c1ccc(-c2ccc(N(c3ccc(-c4ccc5c(c4)c4cc(C6(c7ccccc7)c7ccccc7-c7ccccc76)ccc4n5-c4ccccc4)cc3)c3cccc4c3sc3ccccc34)cc2)cc1. The highest BCUT2D eigenvalue weighted by Crippen LogP contribution is 2.57. The van der Waals surface area contributed by atoms with Gasteiger partial charge in [0.05, 0.1) is 26.8 Å². The van der Waals surface area contributed by atoms with E-state index in [9.17, 15) is 0 Å². The molecule has 0 fully saturated rings. The number of para-hydroxylation sites is 1. The summed E-state index contributed by atoms with van der Waals surface area (Å²) < 4.78 is 5.00. The number of hydrogen-bond donors (Lipinski definition) is 0. The Morgan fingerprint density at radius 3 is 1.54 bits per heavy atom. The normalized spacial score (nSPS) is 12.7. The van der Waals surface area contributed by atoms with Crippen LogP contribution in [0.25, 0.3) is 81.0 Å². The molecule has 1 aliphatic carbocycles. The monoisotopic (exact) mass is 908 g/mol. The van der Waals surface area contributed by atoms with Crippen molar-refractivity contribution in [3.8, 4) is 39.1 Å². The maximum atomic E-state index is 2.49. The highest BCUT2D eigenvalue weighted by atomic mass is 32.1. The van der Waals surface area contributed by atoms with Gasteiger partial charge >= 0.3 is 0 Å². The van der Waals surface area contributed by atoms with Crippen molar-refractivity contribution in [3.63, 3.8) is 0 Å². The van der Waals surface area contributed by atoms with Gasteiger partial charge in [0.1, 0.15) is 0 Å². The molecule has 0 bridgehead atoms. The lowest BCUT2D eigenvalue weighted by atomic mass is 9.67. The number of thiophene rings is 1. The van der Waals surface area contributed by atoms with Crippen LogP contribution in [0.4, 0.5) is 17.1 Å². The third-order valence-corrected chi connectivity index (χ3v) is 15.9. The highest BCUT2D eigenvalue weighted by molar-refractivity contribution is 7.26. The Labute approximate surface area is 411 Å². The predicted molar refractivity (Wildman–Crippen MR) is 297 cm³/mol. The van der Waals surface area contributed by atoms with Crippen molar-refractivity contribution in [2.75, 3.05) is 4.90 Å². The predicted octanol–water partition coefficient (Wildman–Crippen LogP) is 18.3. The van der Waals surface area contributed by atoms with Crippen LogP contribution in [0.15, 0.2) is 267 Å². The summed E-state index contributed by atoms with van der Waals surface area (Å²) in [4.78, 5) is 2.43. The van der Waals surface area contributed by atoms with Gasteiger partial charge in [0.15, 0.2) is 0 Å². The second-order valence-corrected chi connectivity index (χ2v) is 19.4. The van der Waals surface area contributed by atoms with Crippen LogP contribution in [0.5, 0.6) is 0 Å². The van der Waals surface area contributed by atoms with Gasteiger partial charge in [0, 0.05) is 43.3 Å². The van der Waals surface area contributed by atoms with Crippen LogP contribution in [0.3, 0.4) is 0 Å². The molecular formula is C67H44N2S. The summed E-state index contributed by atoms with van der Waals surface area (Å²) in [6.07, 6.45) is 0. The van der Waals surface area contributed by atoms with Gasteiger partial charge in [-0.05, 0) is 128 Å². The number of anilines is 3. The molecule has 2 nitrogen and oxygen atoms in total. The molecule has 0 unspecified atom stereocenters. The van der Waals surface area contributed by atoms with Crippen molar-refractivity contribution in [2.24, 2.45) is 0 Å². The Balaban J connectivity index is 0.934. The Hall–Kier alpha value is -8.76. The van der Waals surface area contributed by atoms with Gasteiger partial charge in [-0.1, -0.05) is 194 Å². The fourth-order valence-corrected chi connectivity index (χ4v) is 12.8. The largest absolute Gasteiger partial charge is 0.309 e. The minimum Gasteiger partial charge on any atom is -0.309 e. The van der Waals surface area contributed by atoms with Crippen molar-refractivity contribution < 1.29 is 0 Å². The quantitative estimate of drug-likeness (QED) is 0.147. The summed E-state index contributed by atoms with van der Waals surface area (Å²) in [5.74, 6) is 0. The molecule has 2 aromatic heterocycles. The first-order valence-corrected chi connectivity index (χ1v) is 24.9. The zero-order valence-corrected chi connectivity index (χ0v) is 39.0. The van der Waals surface area contributed by atoms with Crippen LogP contribution in [-0.2, 0) is 5.41 Å². The first kappa shape index (κ1) is 40.3. The lowest BCUT2D eigenvalue weighted by molar-refractivity contribution is 0.770. The van der Waals surface area contributed by atoms with E-state index < -0.39 is 5.41 Å². The third kappa shape index (κ3) is 6.19. The molecule has 14 rings (SSSR count). The molecule has 0 saturated carbocycles. The van der Waals surface area contributed by atoms with Gasteiger partial charge in [-0.2, -0.15) is 0 Å². The zero-order chi connectivity index (χ0) is 46.2. The average molecular weight is 909 g/mol. The fourth-order valence-electron chi connectivity index (χ4n) is 11.6. The molecule has 0 atom stereocenters. The van der Waals surface area contributed by atoms with E-state index in [1.165, 1.54) is 103 Å². The van der Waals surface area contributed by atoms with E-state index in [0.717, 1.165) is 17.1 Å². The lowest BCUT2D eigenvalue weighted by Gasteiger charge is -2.34. The lowest BCUT2D eigenvalue weighted by Crippen LogP contribution is -2.28. The third-order valence-electron chi connectivity index (χ3n) is 14.7. The van der Waals surface area contributed by atoms with Gasteiger partial charge in [0.25, 0.3) is 0 Å². The van der Waals surface area contributed by atoms with Crippen LogP contribution >= 0.6 is 11.3 Å². The number of aromatic nitrogens is 1. The molecule has 0 amide bonds. The van der Waals surface area contributed by atoms with E-state index in [4.69, 9.17) is 0 Å². The van der Waals surface area contributed by atoms with Gasteiger partial charge in [0.2, 0.25) is 0 Å². The second kappa shape index (κ2) is 16.2. The number of fused-ring (bicyclic) bond motifs is 9. The smallest absolute Gasteiger partial charge is 0.0713 e. The molecule has 13 aromatic rings. The van der Waals surface area contributed by atoms with Crippen molar-refractivity contribution in [1.82, 2.24) is 4.57 Å². The highest BCUT2D eigenvalue weighted by Gasteiger charge is 2.46. The summed E-state index contributed by atoms with van der Waals surface area (Å²) >= 11 is 1.87. The van der Waals surface area contributed by atoms with Crippen molar-refractivity contribution >= 4 is 70.4 Å². The van der Waals surface area contributed by atoms with Crippen LogP contribution in [0.2, 0.25) is 0 Å². The maximum absolute atomic E-state index is 2.49. The molecule has 3 heteroatoms. The van der Waals surface area contributed by atoms with Crippen LogP contribution in [-0.4, -0.2) is 4.57 Å². The molecule has 328 valence electrons. The Bertz CT molecular complexity index is 4050. The van der Waals surface area contributed by atoms with Gasteiger partial charge in [-0.25, -0.2) is 0 Å². The van der Waals surface area contributed by atoms with Crippen molar-refractivity contribution in [1.29, 1.82) is 0 Å². The van der Waals surface area contributed by atoms with Crippen LogP contribution in [0.1, 0.15) is 22.3 Å². The Morgan fingerprint density at radius 2 is 0.857 bits per heavy atom. The molecule has 1 aliphatic rings. The summed E-state index contributed by atoms with van der Waals surface area (Å²) in [5.41, 5.74) is 18.9. The van der Waals surface area contributed by atoms with Crippen molar-refractivity contribution in [2.45, 2.75) is 5.41 Å². The van der Waals surface area contributed by atoms with Gasteiger partial charge in [-0.15, -0.1) is 11.3 Å². The minimum atomic E-state index is -0.495. The molecule has 11 aromatic carbocycles. The Kier molecular flexibility index (Phi) is 9.33. The zero-order valence-electron chi connectivity index (χ0n) is 38.2. The Morgan fingerprint density at radius 1 is 0.343 bits per heavy atom. The molecule has 2 heterocycles. The molecule has 0 N–H and O–H groups in total. The number of rotatable bonds is 8. The fraction of sp³-hybridized carbons (Fsp3) is 0.0149. The van der Waals surface area contributed by atoms with Crippen molar-refractivity contribution in [3.05, 3.63) is 289 Å². The molecular weight excluding hydrogens is 865 g/mol. The maximum Gasteiger partial charge on any atom is 0.0713 e. The van der Waals surface area contributed by atoms with E-state index >= 15 is 0 Å². The van der Waals surface area contributed by atoms with Crippen LogP contribution < -0.4 is 4.90 Å². The van der Waals surface area contributed by atoms with E-state index in [-0.39, 0.29) is 0 Å². The summed E-state index contributed by atoms with van der Waals surface area (Å²) in [6, 6.07) is 98.5. The van der Waals surface area contributed by atoms with E-state index in [1.54, 1.807) is 0 Å². The number of benzene rings is 11. The van der Waals surface area contributed by atoms with E-state index in [0.29, 0.717) is 0 Å². The number of hydrogen-bond acceptors (Lipinski definition) is 2. The van der Waals surface area contributed by atoms with E-state index in [2.05, 4.69) is 276 Å². The topological polar surface area (TPSA) is 8.17 Å². The molecule has 0 radical (unpaired) electrons. The first-order chi connectivity index (χ1) is 34.7. The second-order valence-electron chi connectivity index (χ2n) is 18.4. The summed E-state index contributed by atoms with van der Waals surface area (Å²) in [5, 5.41) is 5.03. The summed E-state index contributed by atoms with van der Waals surface area (Å²) in [7, 11) is 0.